The number of nitro groups is 1. The van der Waals surface area contributed by atoms with E-state index in [1.54, 1.807) is 12.1 Å². The minimum Gasteiger partial charge on any atom is -0.306 e. The summed E-state index contributed by atoms with van der Waals surface area (Å²) in [6, 6.07) is 4.95. The fraction of sp³-hybridized carbons (Fsp3) is 0.400. The second-order valence-corrected chi connectivity index (χ2v) is 5.76. The van der Waals surface area contributed by atoms with Gasteiger partial charge in [0.2, 0.25) is 0 Å². The van der Waals surface area contributed by atoms with Crippen LogP contribution in [0.1, 0.15) is 35.5 Å². The van der Waals surface area contributed by atoms with Crippen molar-refractivity contribution in [3.63, 3.8) is 0 Å². The number of halogens is 1. The molecule has 7 heteroatoms. The highest BCUT2D eigenvalue weighted by Gasteiger charge is 2.17. The van der Waals surface area contributed by atoms with E-state index in [2.05, 4.69) is 17.3 Å². The molecule has 1 aromatic carbocycles. The van der Waals surface area contributed by atoms with Crippen LogP contribution < -0.4 is 5.32 Å². The quantitative estimate of drug-likeness (QED) is 0.676. The van der Waals surface area contributed by atoms with Crippen molar-refractivity contribution in [1.82, 2.24) is 15.1 Å². The van der Waals surface area contributed by atoms with E-state index in [0.29, 0.717) is 6.54 Å². The Hall–Kier alpha value is -1.92. The highest BCUT2D eigenvalue weighted by Crippen LogP contribution is 2.26. The Morgan fingerprint density at radius 2 is 2.14 bits per heavy atom. The first-order valence-corrected chi connectivity index (χ1v) is 7.35. The zero-order valence-electron chi connectivity index (χ0n) is 13.1. The number of nitrogens with zero attached hydrogens (tertiary/aromatic N) is 3. The third-order valence-electron chi connectivity index (χ3n) is 3.82. The molecule has 0 radical (unpaired) electrons. The van der Waals surface area contributed by atoms with Crippen LogP contribution in [0.5, 0.6) is 0 Å². The van der Waals surface area contributed by atoms with Gasteiger partial charge in [-0.3, -0.25) is 14.8 Å². The fourth-order valence-electron chi connectivity index (χ4n) is 2.60. The normalized spacial score (nSPS) is 12.4. The molecule has 1 N–H and O–H groups in total. The van der Waals surface area contributed by atoms with E-state index in [0.717, 1.165) is 22.5 Å². The number of aromatic nitrogens is 2. The first-order chi connectivity index (χ1) is 10.3. The Bertz CT molecular complexity index is 712. The van der Waals surface area contributed by atoms with Crippen LogP contribution in [0, 0.1) is 24.0 Å². The van der Waals surface area contributed by atoms with Crippen LogP contribution in [-0.2, 0) is 13.6 Å². The van der Waals surface area contributed by atoms with E-state index >= 15 is 0 Å². The lowest BCUT2D eigenvalue weighted by atomic mass is 10.1. The van der Waals surface area contributed by atoms with Crippen molar-refractivity contribution in [2.75, 3.05) is 0 Å². The lowest BCUT2D eigenvalue weighted by Gasteiger charge is -2.15. The molecule has 2 aromatic rings. The van der Waals surface area contributed by atoms with Gasteiger partial charge >= 0.3 is 0 Å². The largest absolute Gasteiger partial charge is 0.306 e. The average Bonchev–Trinajstić information content (AvgIpc) is 2.70. The first-order valence-electron chi connectivity index (χ1n) is 6.97. The molecule has 22 heavy (non-hydrogen) atoms. The Balaban J connectivity index is 2.13. The van der Waals surface area contributed by atoms with Gasteiger partial charge in [0, 0.05) is 37.0 Å². The Morgan fingerprint density at radius 1 is 1.45 bits per heavy atom. The van der Waals surface area contributed by atoms with Crippen molar-refractivity contribution in [1.29, 1.82) is 0 Å². The van der Waals surface area contributed by atoms with Gasteiger partial charge in [-0.2, -0.15) is 5.10 Å². The van der Waals surface area contributed by atoms with Crippen LogP contribution in [-0.4, -0.2) is 14.7 Å². The van der Waals surface area contributed by atoms with Gasteiger partial charge in [-0.1, -0.05) is 17.7 Å². The van der Waals surface area contributed by atoms with Crippen molar-refractivity contribution >= 4 is 17.3 Å². The monoisotopic (exact) mass is 322 g/mol. The van der Waals surface area contributed by atoms with Crippen LogP contribution in [0.25, 0.3) is 0 Å². The molecule has 6 nitrogen and oxygen atoms in total. The molecule has 0 aliphatic heterocycles. The predicted octanol–water partition coefficient (Wildman–Crippen LogP) is 3.45. The molecule has 0 fully saturated rings. The molecule has 1 atom stereocenters. The Labute approximate surface area is 134 Å². The number of nitrogens with one attached hydrogen (secondary N) is 1. The standard InChI is InChI=1S/C15H19ClN4O2/c1-9(15-10(2)18-19(4)11(15)3)17-8-12-5-6-13(16)14(7-12)20(21)22/h5-7,9,17H,8H2,1-4H3/t9-/m0/s1. The van der Waals surface area contributed by atoms with Crippen molar-refractivity contribution in [3.8, 4) is 0 Å². The maximum Gasteiger partial charge on any atom is 0.288 e. The second-order valence-electron chi connectivity index (χ2n) is 5.35. The van der Waals surface area contributed by atoms with E-state index in [1.165, 1.54) is 6.07 Å². The lowest BCUT2D eigenvalue weighted by Crippen LogP contribution is -2.19. The molecule has 1 heterocycles. The summed E-state index contributed by atoms with van der Waals surface area (Å²) >= 11 is 5.82. The minimum atomic E-state index is -0.468. The fourth-order valence-corrected chi connectivity index (χ4v) is 2.78. The van der Waals surface area contributed by atoms with Crippen molar-refractivity contribution in [2.24, 2.45) is 7.05 Å². The van der Waals surface area contributed by atoms with Crippen LogP contribution in [0.2, 0.25) is 5.02 Å². The first kappa shape index (κ1) is 16.5. The molecule has 0 aliphatic rings. The summed E-state index contributed by atoms with van der Waals surface area (Å²) in [6.07, 6.45) is 0. The highest BCUT2D eigenvalue weighted by molar-refractivity contribution is 6.32. The van der Waals surface area contributed by atoms with E-state index in [9.17, 15) is 10.1 Å². The molecule has 2 rings (SSSR count). The molecule has 118 valence electrons. The number of benzene rings is 1. The van der Waals surface area contributed by atoms with Gasteiger partial charge in [0.25, 0.3) is 5.69 Å². The summed E-state index contributed by atoms with van der Waals surface area (Å²) in [5.74, 6) is 0. The van der Waals surface area contributed by atoms with E-state index in [4.69, 9.17) is 11.6 Å². The molecule has 0 bridgehead atoms. The van der Waals surface area contributed by atoms with Gasteiger partial charge in [-0.15, -0.1) is 0 Å². The SMILES string of the molecule is Cc1nn(C)c(C)c1[C@H](C)NCc1ccc(Cl)c([N+](=O)[O-])c1. The molecular weight excluding hydrogens is 304 g/mol. The van der Waals surface area contributed by atoms with Crippen molar-refractivity contribution in [2.45, 2.75) is 33.4 Å². The molecular formula is C15H19ClN4O2. The zero-order valence-corrected chi connectivity index (χ0v) is 13.8. The maximum absolute atomic E-state index is 10.9. The van der Waals surface area contributed by atoms with E-state index in [1.807, 2.05) is 25.6 Å². The van der Waals surface area contributed by atoms with Crippen molar-refractivity contribution in [3.05, 3.63) is 55.9 Å². The average molecular weight is 323 g/mol. The Kier molecular flexibility index (Phi) is 4.83. The Morgan fingerprint density at radius 3 is 2.68 bits per heavy atom. The molecule has 0 saturated heterocycles. The van der Waals surface area contributed by atoms with Crippen molar-refractivity contribution < 1.29 is 4.92 Å². The number of nitro benzene ring substituents is 1. The molecule has 1 aromatic heterocycles. The summed E-state index contributed by atoms with van der Waals surface area (Å²) in [4.78, 5) is 10.4. The third-order valence-corrected chi connectivity index (χ3v) is 4.14. The highest BCUT2D eigenvalue weighted by atomic mass is 35.5. The van der Waals surface area contributed by atoms with Gasteiger partial charge < -0.3 is 5.32 Å². The summed E-state index contributed by atoms with van der Waals surface area (Å²) < 4.78 is 1.86. The van der Waals surface area contributed by atoms with Crippen LogP contribution in [0.4, 0.5) is 5.69 Å². The number of rotatable bonds is 5. The van der Waals surface area contributed by atoms with Crippen LogP contribution in [0.3, 0.4) is 0 Å². The molecule has 0 spiro atoms. The number of hydrogen-bond acceptors (Lipinski definition) is 4. The summed E-state index contributed by atoms with van der Waals surface area (Å²) in [7, 11) is 1.92. The van der Waals surface area contributed by atoms with Gasteiger partial charge in [0.15, 0.2) is 0 Å². The maximum atomic E-state index is 10.9. The predicted molar refractivity (Wildman–Crippen MR) is 86.0 cm³/mol. The summed E-state index contributed by atoms with van der Waals surface area (Å²) in [5, 5.41) is 18.9. The third kappa shape index (κ3) is 3.28. The van der Waals surface area contributed by atoms with E-state index < -0.39 is 4.92 Å². The molecule has 0 saturated carbocycles. The van der Waals surface area contributed by atoms with Gasteiger partial charge in [-0.05, 0) is 32.4 Å². The summed E-state index contributed by atoms with van der Waals surface area (Å²) in [5.41, 5.74) is 4.01. The van der Waals surface area contributed by atoms with Crippen LogP contribution in [0.15, 0.2) is 18.2 Å². The zero-order chi connectivity index (χ0) is 16.4. The second kappa shape index (κ2) is 6.46. The van der Waals surface area contributed by atoms with Gasteiger partial charge in [0.1, 0.15) is 5.02 Å². The number of hydrogen-bond donors (Lipinski definition) is 1. The number of aryl methyl sites for hydroxylation is 2. The van der Waals surface area contributed by atoms with Gasteiger partial charge in [0.05, 0.1) is 10.6 Å². The lowest BCUT2D eigenvalue weighted by molar-refractivity contribution is -0.384. The van der Waals surface area contributed by atoms with Gasteiger partial charge in [-0.25, -0.2) is 0 Å². The minimum absolute atomic E-state index is 0.0673. The molecule has 0 amide bonds. The molecule has 0 unspecified atom stereocenters. The molecule has 0 aliphatic carbocycles. The van der Waals surface area contributed by atoms with E-state index in [-0.39, 0.29) is 16.8 Å². The topological polar surface area (TPSA) is 73.0 Å². The summed E-state index contributed by atoms with van der Waals surface area (Å²) in [6.45, 7) is 6.59. The smallest absolute Gasteiger partial charge is 0.288 e. The van der Waals surface area contributed by atoms with Crippen LogP contribution >= 0.6 is 11.6 Å².